The zero-order valence-electron chi connectivity index (χ0n) is 15.5. The summed E-state index contributed by atoms with van der Waals surface area (Å²) in [6.45, 7) is 4.72. The van der Waals surface area contributed by atoms with Crippen LogP contribution in [-0.2, 0) is 4.79 Å². The Labute approximate surface area is 163 Å². The van der Waals surface area contributed by atoms with Crippen LogP contribution in [-0.4, -0.2) is 63.6 Å². The lowest BCUT2D eigenvalue weighted by Gasteiger charge is -2.31. The van der Waals surface area contributed by atoms with Crippen LogP contribution in [0.1, 0.15) is 32.1 Å². The number of aromatic amines is 1. The normalized spacial score (nSPS) is 19.7. The number of carbonyl (C=O) groups is 1. The van der Waals surface area contributed by atoms with Crippen molar-refractivity contribution < 1.29 is 4.79 Å². The molecule has 1 amide bonds. The van der Waals surface area contributed by atoms with Crippen molar-refractivity contribution in [3.63, 3.8) is 0 Å². The number of fused-ring (bicyclic) bond motifs is 1. The highest BCUT2D eigenvalue weighted by Crippen LogP contribution is 2.25. The largest absolute Gasteiger partial charge is 0.342 e. The molecule has 6 nitrogen and oxygen atoms in total. The lowest BCUT2D eigenvalue weighted by molar-refractivity contribution is -0.127. The summed E-state index contributed by atoms with van der Waals surface area (Å²) in [5.41, 5.74) is 0.620. The third-order valence-electron chi connectivity index (χ3n) is 5.38. The van der Waals surface area contributed by atoms with Crippen molar-refractivity contribution in [2.45, 2.75) is 42.5 Å². The zero-order chi connectivity index (χ0) is 18.6. The van der Waals surface area contributed by atoms with Gasteiger partial charge in [0.05, 0.1) is 10.9 Å². The van der Waals surface area contributed by atoms with Crippen molar-refractivity contribution in [2.75, 3.05) is 32.7 Å². The van der Waals surface area contributed by atoms with Crippen molar-refractivity contribution in [3.05, 3.63) is 34.6 Å². The van der Waals surface area contributed by atoms with Gasteiger partial charge in [0.25, 0.3) is 5.56 Å². The molecular weight excluding hydrogens is 360 g/mol. The van der Waals surface area contributed by atoms with Crippen LogP contribution in [0, 0.1) is 0 Å². The molecule has 7 heteroatoms. The second-order valence-corrected chi connectivity index (χ2v) is 8.72. The SMILES string of the molecule is O=C1CCCN1C[C@H](CN1CCCCC1)Sc1nc2ccccc2c(=O)[nH]1. The van der Waals surface area contributed by atoms with E-state index in [1.807, 2.05) is 23.1 Å². The number of hydrogen-bond donors (Lipinski definition) is 1. The van der Waals surface area contributed by atoms with Crippen LogP contribution in [0.25, 0.3) is 10.9 Å². The van der Waals surface area contributed by atoms with E-state index in [0.717, 1.165) is 44.7 Å². The Hall–Kier alpha value is -1.86. The summed E-state index contributed by atoms with van der Waals surface area (Å²) in [5.74, 6) is 0.249. The van der Waals surface area contributed by atoms with Crippen molar-refractivity contribution in [2.24, 2.45) is 0 Å². The van der Waals surface area contributed by atoms with Crippen molar-refractivity contribution >= 4 is 28.6 Å². The third-order valence-corrected chi connectivity index (χ3v) is 6.42. The fraction of sp³-hybridized carbons (Fsp3) is 0.550. The Bertz CT molecular complexity index is 862. The van der Waals surface area contributed by atoms with Crippen molar-refractivity contribution in [1.29, 1.82) is 0 Å². The molecule has 0 bridgehead atoms. The molecule has 2 aliphatic heterocycles. The highest BCUT2D eigenvalue weighted by Gasteiger charge is 2.26. The molecule has 0 saturated carbocycles. The number of nitrogens with one attached hydrogen (secondary N) is 1. The number of H-pyrrole nitrogens is 1. The van der Waals surface area contributed by atoms with E-state index in [0.29, 0.717) is 17.0 Å². The minimum Gasteiger partial charge on any atom is -0.342 e. The van der Waals surface area contributed by atoms with E-state index in [-0.39, 0.29) is 16.7 Å². The summed E-state index contributed by atoms with van der Waals surface area (Å²) in [5, 5.41) is 1.46. The number of rotatable bonds is 6. The highest BCUT2D eigenvalue weighted by molar-refractivity contribution is 7.99. The average Bonchev–Trinajstić information content (AvgIpc) is 3.07. The molecule has 2 saturated heterocycles. The van der Waals surface area contributed by atoms with E-state index in [1.54, 1.807) is 17.8 Å². The number of thioether (sulfide) groups is 1. The maximum Gasteiger partial charge on any atom is 0.259 e. The van der Waals surface area contributed by atoms with E-state index in [4.69, 9.17) is 0 Å². The highest BCUT2D eigenvalue weighted by atomic mass is 32.2. The molecule has 0 unspecified atom stereocenters. The van der Waals surface area contributed by atoms with E-state index in [1.165, 1.54) is 19.3 Å². The number of likely N-dealkylation sites (tertiary alicyclic amines) is 2. The molecule has 1 atom stereocenters. The number of benzene rings is 1. The van der Waals surface area contributed by atoms with Gasteiger partial charge in [0, 0.05) is 31.3 Å². The van der Waals surface area contributed by atoms with Crippen LogP contribution >= 0.6 is 11.8 Å². The van der Waals surface area contributed by atoms with Gasteiger partial charge in [-0.15, -0.1) is 0 Å². The molecule has 2 aromatic rings. The molecule has 0 aliphatic carbocycles. The molecule has 1 N–H and O–H groups in total. The Kier molecular flexibility index (Phi) is 5.78. The second-order valence-electron chi connectivity index (χ2n) is 7.43. The Morgan fingerprint density at radius 3 is 2.63 bits per heavy atom. The number of amides is 1. The second kappa shape index (κ2) is 8.44. The molecular formula is C20H26N4O2S. The van der Waals surface area contributed by atoms with Gasteiger partial charge >= 0.3 is 0 Å². The fourth-order valence-electron chi connectivity index (χ4n) is 3.98. The van der Waals surface area contributed by atoms with Gasteiger partial charge in [-0.2, -0.15) is 0 Å². The van der Waals surface area contributed by atoms with Gasteiger partial charge in [-0.25, -0.2) is 4.98 Å². The first-order valence-electron chi connectivity index (χ1n) is 9.85. The van der Waals surface area contributed by atoms with Gasteiger partial charge in [-0.3, -0.25) is 9.59 Å². The molecule has 2 aliphatic rings. The molecule has 0 spiro atoms. The predicted octanol–water partition coefficient (Wildman–Crippen LogP) is 2.49. The Morgan fingerprint density at radius 1 is 1.04 bits per heavy atom. The van der Waals surface area contributed by atoms with Gasteiger partial charge in [-0.1, -0.05) is 30.3 Å². The number of carbonyl (C=O) groups excluding carboxylic acids is 1. The van der Waals surface area contributed by atoms with Gasteiger partial charge < -0.3 is 14.8 Å². The first-order chi connectivity index (χ1) is 13.2. The number of piperidine rings is 1. The lowest BCUT2D eigenvalue weighted by Crippen LogP contribution is -2.41. The van der Waals surface area contributed by atoms with E-state index < -0.39 is 0 Å². The molecule has 1 aromatic carbocycles. The van der Waals surface area contributed by atoms with Gasteiger partial charge in [0.15, 0.2) is 5.16 Å². The molecule has 1 aromatic heterocycles. The Balaban J connectivity index is 1.53. The van der Waals surface area contributed by atoms with Crippen LogP contribution in [0.3, 0.4) is 0 Å². The summed E-state index contributed by atoms with van der Waals surface area (Å²) in [4.78, 5) is 36.5. The molecule has 4 rings (SSSR count). The third kappa shape index (κ3) is 4.52. The van der Waals surface area contributed by atoms with Crippen molar-refractivity contribution in [3.8, 4) is 0 Å². The summed E-state index contributed by atoms with van der Waals surface area (Å²) < 4.78 is 0. The number of aromatic nitrogens is 2. The van der Waals surface area contributed by atoms with Crippen LogP contribution in [0.15, 0.2) is 34.2 Å². The lowest BCUT2D eigenvalue weighted by atomic mass is 10.1. The maximum absolute atomic E-state index is 12.4. The molecule has 3 heterocycles. The smallest absolute Gasteiger partial charge is 0.259 e. The fourth-order valence-corrected chi connectivity index (χ4v) is 5.14. The topological polar surface area (TPSA) is 69.3 Å². The van der Waals surface area contributed by atoms with E-state index in [9.17, 15) is 9.59 Å². The van der Waals surface area contributed by atoms with Crippen LogP contribution < -0.4 is 5.56 Å². The van der Waals surface area contributed by atoms with E-state index in [2.05, 4.69) is 14.9 Å². The number of nitrogens with zero attached hydrogens (tertiary/aromatic N) is 3. The number of hydrogen-bond acceptors (Lipinski definition) is 5. The van der Waals surface area contributed by atoms with Crippen molar-refractivity contribution in [1.82, 2.24) is 19.8 Å². The monoisotopic (exact) mass is 386 g/mol. The molecule has 27 heavy (non-hydrogen) atoms. The van der Waals surface area contributed by atoms with Gasteiger partial charge in [0.1, 0.15) is 0 Å². The Morgan fingerprint density at radius 2 is 1.85 bits per heavy atom. The average molecular weight is 387 g/mol. The van der Waals surface area contributed by atoms with E-state index >= 15 is 0 Å². The minimum atomic E-state index is -0.0999. The van der Waals surface area contributed by atoms with Crippen LogP contribution in [0.2, 0.25) is 0 Å². The summed E-state index contributed by atoms with van der Waals surface area (Å²) in [6.07, 6.45) is 5.39. The first kappa shape index (κ1) is 18.5. The molecule has 0 radical (unpaired) electrons. The zero-order valence-corrected chi connectivity index (χ0v) is 16.3. The quantitative estimate of drug-likeness (QED) is 0.610. The van der Waals surface area contributed by atoms with Crippen LogP contribution in [0.4, 0.5) is 0 Å². The molecule has 2 fully saturated rings. The predicted molar refractivity (Wildman–Crippen MR) is 108 cm³/mol. The standard InChI is InChI=1S/C20H26N4O2S/c25-18-9-6-12-24(18)14-15(13-23-10-4-1-5-11-23)27-20-21-17-8-3-2-7-16(17)19(26)22-20/h2-3,7-8,15H,1,4-6,9-14H2,(H,21,22,26)/t15-/m0/s1. The summed E-state index contributed by atoms with van der Waals surface area (Å²) >= 11 is 1.60. The van der Waals surface area contributed by atoms with Crippen LogP contribution in [0.5, 0.6) is 0 Å². The van der Waals surface area contributed by atoms with Gasteiger partial charge in [-0.05, 0) is 44.5 Å². The number of para-hydroxylation sites is 1. The molecule has 144 valence electrons. The van der Waals surface area contributed by atoms with Gasteiger partial charge in [0.2, 0.25) is 5.91 Å². The first-order valence-corrected chi connectivity index (χ1v) is 10.7. The summed E-state index contributed by atoms with van der Waals surface area (Å²) in [6, 6.07) is 7.42. The maximum atomic E-state index is 12.4. The summed E-state index contributed by atoms with van der Waals surface area (Å²) in [7, 11) is 0. The minimum absolute atomic E-state index is 0.0999.